The molecule has 1 fully saturated rings. The third-order valence-corrected chi connectivity index (χ3v) is 4.98. The second kappa shape index (κ2) is 7.85. The highest BCUT2D eigenvalue weighted by molar-refractivity contribution is 5.95. The van der Waals surface area contributed by atoms with Crippen molar-refractivity contribution in [3.63, 3.8) is 0 Å². The molecule has 0 bridgehead atoms. The van der Waals surface area contributed by atoms with Crippen LogP contribution in [-0.2, 0) is 4.79 Å². The van der Waals surface area contributed by atoms with Gasteiger partial charge in [0.1, 0.15) is 0 Å². The van der Waals surface area contributed by atoms with Crippen molar-refractivity contribution in [2.45, 2.75) is 46.5 Å². The minimum atomic E-state index is 0.0921. The first kappa shape index (κ1) is 18.4. The predicted molar refractivity (Wildman–Crippen MR) is 102 cm³/mol. The molecule has 0 radical (unpaired) electrons. The van der Waals surface area contributed by atoms with Gasteiger partial charge in [-0.15, -0.1) is 10.2 Å². The van der Waals surface area contributed by atoms with Crippen molar-refractivity contribution in [1.29, 1.82) is 0 Å². The number of allylic oxidation sites excluding steroid dienone is 1. The van der Waals surface area contributed by atoms with E-state index in [9.17, 15) is 4.79 Å². The van der Waals surface area contributed by atoms with Crippen LogP contribution in [0.3, 0.4) is 0 Å². The van der Waals surface area contributed by atoms with Gasteiger partial charge in [0.15, 0.2) is 0 Å². The molecule has 1 aliphatic rings. The molecule has 0 saturated carbocycles. The minimum Gasteiger partial charge on any atom is -0.425 e. The van der Waals surface area contributed by atoms with Crippen molar-refractivity contribution in [3.8, 4) is 0 Å². The maximum Gasteiger partial charge on any atom is 0.246 e. The predicted octanol–water partition coefficient (Wildman–Crippen LogP) is 4.13. The van der Waals surface area contributed by atoms with Crippen LogP contribution in [0.4, 0.5) is 0 Å². The second-order valence-corrected chi connectivity index (χ2v) is 7.38. The van der Waals surface area contributed by atoms with Crippen molar-refractivity contribution >= 4 is 11.5 Å². The number of rotatable bonds is 4. The molecule has 3 rings (SSSR count). The van der Waals surface area contributed by atoms with Gasteiger partial charge in [-0.1, -0.05) is 43.7 Å². The Balaban J connectivity index is 1.68. The topological polar surface area (TPSA) is 59.2 Å². The number of hydrogen-bond donors (Lipinski definition) is 0. The van der Waals surface area contributed by atoms with Gasteiger partial charge >= 0.3 is 0 Å². The number of nitrogens with zero attached hydrogens (tertiary/aromatic N) is 3. The van der Waals surface area contributed by atoms with E-state index in [1.165, 1.54) is 5.56 Å². The summed E-state index contributed by atoms with van der Waals surface area (Å²) in [7, 11) is 0. The van der Waals surface area contributed by atoms with Crippen molar-refractivity contribution in [1.82, 2.24) is 15.1 Å². The minimum absolute atomic E-state index is 0.0921. The lowest BCUT2D eigenvalue weighted by molar-refractivity contribution is -0.127. The molecule has 0 spiro atoms. The zero-order chi connectivity index (χ0) is 18.7. The van der Waals surface area contributed by atoms with E-state index in [1.54, 1.807) is 6.92 Å². The van der Waals surface area contributed by atoms with Crippen LogP contribution in [0.2, 0.25) is 0 Å². The van der Waals surface area contributed by atoms with E-state index in [0.717, 1.165) is 37.1 Å². The zero-order valence-electron chi connectivity index (χ0n) is 16.0. The molecular weight excluding hydrogens is 326 g/mol. The van der Waals surface area contributed by atoms with Crippen LogP contribution in [0.15, 0.2) is 34.8 Å². The van der Waals surface area contributed by atoms with E-state index in [0.29, 0.717) is 17.7 Å². The summed E-state index contributed by atoms with van der Waals surface area (Å²) in [5, 5.41) is 8.03. The number of aryl methyl sites for hydroxylation is 2. The highest BCUT2D eigenvalue weighted by Crippen LogP contribution is 2.28. The van der Waals surface area contributed by atoms with Crippen LogP contribution in [-0.4, -0.2) is 34.1 Å². The summed E-state index contributed by atoms with van der Waals surface area (Å²) in [6.45, 7) is 9.58. The maximum atomic E-state index is 12.8. The van der Waals surface area contributed by atoms with Gasteiger partial charge in [-0.05, 0) is 36.8 Å². The SMILES string of the molecule is Cc1ccc(/C(=C/C(=O)N2CCC(c3nnc(C)o3)CC2)C(C)C)cc1. The van der Waals surface area contributed by atoms with Crippen LogP contribution in [0.5, 0.6) is 0 Å². The van der Waals surface area contributed by atoms with Crippen molar-refractivity contribution in [3.05, 3.63) is 53.2 Å². The Kier molecular flexibility index (Phi) is 5.55. The smallest absolute Gasteiger partial charge is 0.246 e. The number of carbonyl (C=O) groups excluding carboxylic acids is 1. The average Bonchev–Trinajstić information content (AvgIpc) is 3.07. The largest absolute Gasteiger partial charge is 0.425 e. The maximum absolute atomic E-state index is 12.8. The van der Waals surface area contributed by atoms with Gasteiger partial charge < -0.3 is 9.32 Å². The summed E-state index contributed by atoms with van der Waals surface area (Å²) >= 11 is 0. The van der Waals surface area contributed by atoms with E-state index in [-0.39, 0.29) is 11.8 Å². The molecule has 1 aliphatic heterocycles. The first-order valence-electron chi connectivity index (χ1n) is 9.31. The van der Waals surface area contributed by atoms with Crippen LogP contribution in [0.1, 0.15) is 55.5 Å². The zero-order valence-corrected chi connectivity index (χ0v) is 16.0. The summed E-state index contributed by atoms with van der Waals surface area (Å²) < 4.78 is 5.54. The molecule has 1 saturated heterocycles. The van der Waals surface area contributed by atoms with E-state index in [4.69, 9.17) is 4.42 Å². The van der Waals surface area contributed by atoms with E-state index in [1.807, 2.05) is 11.0 Å². The Labute approximate surface area is 155 Å². The molecule has 5 nitrogen and oxygen atoms in total. The summed E-state index contributed by atoms with van der Waals surface area (Å²) in [6, 6.07) is 8.37. The molecule has 0 atom stereocenters. The molecule has 2 heterocycles. The molecule has 2 aromatic rings. The quantitative estimate of drug-likeness (QED) is 0.776. The van der Waals surface area contributed by atoms with Crippen molar-refractivity contribution < 1.29 is 9.21 Å². The number of aromatic nitrogens is 2. The third-order valence-electron chi connectivity index (χ3n) is 4.98. The summed E-state index contributed by atoms with van der Waals surface area (Å²) in [5.74, 6) is 1.94. The molecule has 0 N–H and O–H groups in total. The molecule has 138 valence electrons. The molecule has 26 heavy (non-hydrogen) atoms. The highest BCUT2D eigenvalue weighted by Gasteiger charge is 2.26. The molecule has 0 aliphatic carbocycles. The Bertz CT molecular complexity index is 782. The van der Waals surface area contributed by atoms with Gasteiger partial charge in [0.25, 0.3) is 0 Å². The number of hydrogen-bond acceptors (Lipinski definition) is 4. The van der Waals surface area contributed by atoms with Crippen molar-refractivity contribution in [2.75, 3.05) is 13.1 Å². The Hall–Kier alpha value is -2.43. The fraction of sp³-hybridized carbons (Fsp3) is 0.476. The molecular formula is C21H27N3O2. The fourth-order valence-corrected chi connectivity index (χ4v) is 3.38. The Morgan fingerprint density at radius 3 is 2.35 bits per heavy atom. The molecule has 1 aromatic heterocycles. The van der Waals surface area contributed by atoms with Crippen molar-refractivity contribution in [2.24, 2.45) is 5.92 Å². The fourth-order valence-electron chi connectivity index (χ4n) is 3.38. The first-order chi connectivity index (χ1) is 12.4. The van der Waals surface area contributed by atoms with Crippen LogP contribution < -0.4 is 0 Å². The van der Waals surface area contributed by atoms with Gasteiger partial charge in [0.05, 0.1) is 0 Å². The molecule has 1 aromatic carbocycles. The second-order valence-electron chi connectivity index (χ2n) is 7.38. The van der Waals surface area contributed by atoms with Gasteiger partial charge in [0.2, 0.25) is 17.7 Å². The number of amides is 1. The summed E-state index contributed by atoms with van der Waals surface area (Å²) in [6.07, 6.45) is 3.54. The molecule has 0 unspecified atom stereocenters. The van der Waals surface area contributed by atoms with E-state index < -0.39 is 0 Å². The van der Waals surface area contributed by atoms with Gasteiger partial charge in [-0.2, -0.15) is 0 Å². The third kappa shape index (κ3) is 4.21. The number of likely N-dealkylation sites (tertiary alicyclic amines) is 1. The Morgan fingerprint density at radius 2 is 1.81 bits per heavy atom. The average molecular weight is 353 g/mol. The highest BCUT2D eigenvalue weighted by atomic mass is 16.4. The van der Waals surface area contributed by atoms with Crippen LogP contribution >= 0.6 is 0 Å². The van der Waals surface area contributed by atoms with Crippen LogP contribution in [0, 0.1) is 19.8 Å². The number of carbonyl (C=O) groups is 1. The lowest BCUT2D eigenvalue weighted by Crippen LogP contribution is -2.37. The summed E-state index contributed by atoms with van der Waals surface area (Å²) in [4.78, 5) is 14.7. The summed E-state index contributed by atoms with van der Waals surface area (Å²) in [5.41, 5.74) is 3.43. The standard InChI is InChI=1S/C21H27N3O2/c1-14(2)19(17-7-5-15(3)6-8-17)13-20(25)24-11-9-18(10-12-24)21-23-22-16(4)26-21/h5-8,13-14,18H,9-12H2,1-4H3/b19-13+. The lowest BCUT2D eigenvalue weighted by atomic mass is 9.93. The van der Waals surface area contributed by atoms with Crippen LogP contribution in [0.25, 0.3) is 5.57 Å². The van der Waals surface area contributed by atoms with E-state index >= 15 is 0 Å². The number of benzene rings is 1. The Morgan fingerprint density at radius 1 is 1.15 bits per heavy atom. The number of piperidine rings is 1. The molecule has 1 amide bonds. The monoisotopic (exact) mass is 353 g/mol. The van der Waals surface area contributed by atoms with Gasteiger partial charge in [-0.25, -0.2) is 0 Å². The molecule has 5 heteroatoms. The van der Waals surface area contributed by atoms with Gasteiger partial charge in [-0.3, -0.25) is 4.79 Å². The van der Waals surface area contributed by atoms with Gasteiger partial charge in [0, 0.05) is 32.0 Å². The normalized spacial score (nSPS) is 16.3. The lowest BCUT2D eigenvalue weighted by Gasteiger charge is -2.30. The van der Waals surface area contributed by atoms with E-state index in [2.05, 4.69) is 55.2 Å². The first-order valence-corrected chi connectivity index (χ1v) is 9.31.